The Balaban J connectivity index is 5.04. The molecule has 0 atom stereocenters. The Labute approximate surface area is 97.1 Å². The van der Waals surface area contributed by atoms with Gasteiger partial charge in [-0.25, -0.2) is 0 Å². The molecule has 0 radical (unpaired) electrons. The van der Waals surface area contributed by atoms with Gasteiger partial charge in [0.05, 0.1) is 0 Å². The predicted molar refractivity (Wildman–Crippen MR) is 61.9 cm³/mol. The van der Waals surface area contributed by atoms with E-state index >= 15 is 0 Å². The summed E-state index contributed by atoms with van der Waals surface area (Å²) < 4.78 is 26.9. The van der Waals surface area contributed by atoms with Crippen LogP contribution in [0.2, 0.25) is 0 Å². The highest BCUT2D eigenvalue weighted by atomic mass is 79.9. The molecule has 3 nitrogen and oxygen atoms in total. The van der Waals surface area contributed by atoms with E-state index in [1.807, 2.05) is 0 Å². The molecular weight excluding hydrogens is 268 g/mol. The van der Waals surface area contributed by atoms with Crippen LogP contribution in [-0.2, 0) is 0 Å². The van der Waals surface area contributed by atoms with Crippen molar-refractivity contribution in [3.8, 4) is 0 Å². The third-order valence-corrected chi connectivity index (χ3v) is 2.21. The molecule has 0 rings (SSSR count). The van der Waals surface area contributed by atoms with Gasteiger partial charge in [0, 0.05) is 18.0 Å². The molecule has 0 saturated carbocycles. The van der Waals surface area contributed by atoms with E-state index in [-0.39, 0.29) is 18.0 Å². The van der Waals surface area contributed by atoms with E-state index < -0.39 is 5.92 Å². The summed E-state index contributed by atoms with van der Waals surface area (Å²) in [5.41, 5.74) is 5.18. The number of hydrogen-bond acceptors (Lipinski definition) is 2. The molecule has 0 aliphatic heterocycles. The van der Waals surface area contributed by atoms with Crippen molar-refractivity contribution in [3.63, 3.8) is 0 Å². The first-order valence-corrected chi connectivity index (χ1v) is 5.57. The van der Waals surface area contributed by atoms with Gasteiger partial charge in [-0.3, -0.25) is 5.01 Å². The molecule has 2 N–H and O–H groups in total. The number of rotatable bonds is 5. The molecule has 0 aromatic heterocycles. The molecule has 0 aromatic carbocycles. The first-order valence-electron chi connectivity index (χ1n) is 4.65. The highest BCUT2D eigenvalue weighted by Crippen LogP contribution is 2.31. The van der Waals surface area contributed by atoms with E-state index in [4.69, 9.17) is 5.73 Å². The third kappa shape index (κ3) is 4.15. The molecule has 0 saturated heterocycles. The van der Waals surface area contributed by atoms with Crippen LogP contribution < -0.4 is 5.73 Å². The lowest BCUT2D eigenvalue weighted by molar-refractivity contribution is 0.00866. The van der Waals surface area contributed by atoms with Crippen molar-refractivity contribution in [2.24, 2.45) is 10.8 Å². The molecule has 6 heteroatoms. The van der Waals surface area contributed by atoms with Crippen molar-refractivity contribution in [2.45, 2.75) is 33.1 Å². The maximum atomic E-state index is 13.5. The number of allylic oxidation sites excluding steroid dienone is 1. The second-order valence-corrected chi connectivity index (χ2v) is 3.47. The van der Waals surface area contributed by atoms with Gasteiger partial charge in [-0.05, 0) is 13.8 Å². The SMILES string of the molecule is CCN(/N=C(\C)N)/C(=C/Br)C(F)(F)CC. The van der Waals surface area contributed by atoms with Crippen molar-refractivity contribution in [2.75, 3.05) is 6.54 Å². The number of amidine groups is 1. The van der Waals surface area contributed by atoms with Gasteiger partial charge in [0.25, 0.3) is 5.92 Å². The highest BCUT2D eigenvalue weighted by Gasteiger charge is 2.35. The summed E-state index contributed by atoms with van der Waals surface area (Å²) >= 11 is 2.93. The molecule has 0 bridgehead atoms. The van der Waals surface area contributed by atoms with Crippen molar-refractivity contribution in [1.82, 2.24) is 5.01 Å². The number of nitrogens with two attached hydrogens (primary N) is 1. The highest BCUT2D eigenvalue weighted by molar-refractivity contribution is 9.11. The van der Waals surface area contributed by atoms with Gasteiger partial charge >= 0.3 is 0 Å². The molecule has 0 aliphatic rings. The van der Waals surface area contributed by atoms with Gasteiger partial charge in [0.1, 0.15) is 11.5 Å². The van der Waals surface area contributed by atoms with Gasteiger partial charge in [-0.2, -0.15) is 13.9 Å². The summed E-state index contributed by atoms with van der Waals surface area (Å²) in [4.78, 5) is 1.19. The van der Waals surface area contributed by atoms with E-state index in [1.54, 1.807) is 13.8 Å². The average molecular weight is 284 g/mol. The van der Waals surface area contributed by atoms with Crippen molar-refractivity contribution >= 4 is 21.8 Å². The summed E-state index contributed by atoms with van der Waals surface area (Å²) in [5.74, 6) is -2.66. The molecule has 88 valence electrons. The van der Waals surface area contributed by atoms with Gasteiger partial charge in [0.2, 0.25) is 0 Å². The second kappa shape index (κ2) is 6.05. The molecule has 0 aromatic rings. The fourth-order valence-corrected chi connectivity index (χ4v) is 1.56. The number of hydrogen-bond donors (Lipinski definition) is 1. The van der Waals surface area contributed by atoms with E-state index in [1.165, 1.54) is 16.9 Å². The van der Waals surface area contributed by atoms with Crippen LogP contribution in [0.4, 0.5) is 8.78 Å². The van der Waals surface area contributed by atoms with Crippen molar-refractivity contribution < 1.29 is 8.78 Å². The molecule has 0 fully saturated rings. The maximum absolute atomic E-state index is 13.5. The average Bonchev–Trinajstić information content (AvgIpc) is 2.16. The van der Waals surface area contributed by atoms with Crippen LogP contribution in [0.1, 0.15) is 27.2 Å². The molecule has 0 amide bonds. The maximum Gasteiger partial charge on any atom is 0.289 e. The lowest BCUT2D eigenvalue weighted by Gasteiger charge is -2.26. The Kier molecular flexibility index (Phi) is 5.79. The number of alkyl halides is 2. The zero-order valence-corrected chi connectivity index (χ0v) is 10.7. The largest absolute Gasteiger partial charge is 0.386 e. The third-order valence-electron chi connectivity index (χ3n) is 1.78. The normalized spacial score (nSPS) is 14.3. The Morgan fingerprint density at radius 3 is 2.33 bits per heavy atom. The Hall–Kier alpha value is -0.650. The second-order valence-electron chi connectivity index (χ2n) is 3.01. The van der Waals surface area contributed by atoms with Crippen LogP contribution in [0.3, 0.4) is 0 Å². The number of nitrogens with zero attached hydrogens (tertiary/aromatic N) is 2. The van der Waals surface area contributed by atoms with Crippen LogP contribution >= 0.6 is 15.9 Å². The standard InChI is InChI=1S/C9H16BrF2N3/c1-4-9(11,12)8(6-10)15(5-2)14-7(3)13/h6H,4-5H2,1-3H3,(H2,13,14)/b8-6+. The van der Waals surface area contributed by atoms with E-state index in [9.17, 15) is 8.78 Å². The van der Waals surface area contributed by atoms with Crippen molar-refractivity contribution in [3.05, 3.63) is 10.7 Å². The van der Waals surface area contributed by atoms with Crippen molar-refractivity contribution in [1.29, 1.82) is 0 Å². The van der Waals surface area contributed by atoms with E-state index in [2.05, 4.69) is 21.0 Å². The first kappa shape index (κ1) is 14.3. The fourth-order valence-electron chi connectivity index (χ4n) is 0.991. The first-order chi connectivity index (χ1) is 6.88. The molecule has 0 heterocycles. The minimum atomic E-state index is -2.90. The van der Waals surface area contributed by atoms with Crippen LogP contribution in [0.25, 0.3) is 0 Å². The predicted octanol–water partition coefficient (Wildman–Crippen LogP) is 2.88. The van der Waals surface area contributed by atoms with E-state index in [0.29, 0.717) is 6.54 Å². The Morgan fingerprint density at radius 2 is 2.07 bits per heavy atom. The summed E-state index contributed by atoms with van der Waals surface area (Å²) in [6, 6.07) is 0. The molecule has 0 aliphatic carbocycles. The molecule has 15 heavy (non-hydrogen) atoms. The fraction of sp³-hybridized carbons (Fsp3) is 0.667. The molecule has 0 unspecified atom stereocenters. The smallest absolute Gasteiger partial charge is 0.289 e. The van der Waals surface area contributed by atoms with Crippen LogP contribution in [0, 0.1) is 0 Å². The lowest BCUT2D eigenvalue weighted by atomic mass is 10.2. The van der Waals surface area contributed by atoms with Crippen LogP contribution in [0.5, 0.6) is 0 Å². The summed E-state index contributed by atoms with van der Waals surface area (Å²) in [7, 11) is 0. The van der Waals surface area contributed by atoms with Gasteiger partial charge in [0.15, 0.2) is 0 Å². The van der Waals surface area contributed by atoms with E-state index in [0.717, 1.165) is 0 Å². The Morgan fingerprint density at radius 1 is 1.53 bits per heavy atom. The monoisotopic (exact) mass is 283 g/mol. The van der Waals surface area contributed by atoms with Gasteiger partial charge in [-0.1, -0.05) is 22.9 Å². The quantitative estimate of drug-likeness (QED) is 0.479. The topological polar surface area (TPSA) is 41.6 Å². The summed E-state index contributed by atoms with van der Waals surface area (Å²) in [6.45, 7) is 5.04. The zero-order valence-electron chi connectivity index (χ0n) is 9.10. The summed E-state index contributed by atoms with van der Waals surface area (Å²) in [6.07, 6.45) is -0.278. The summed E-state index contributed by atoms with van der Waals surface area (Å²) in [5, 5.41) is 5.02. The van der Waals surface area contributed by atoms with Gasteiger partial charge in [-0.15, -0.1) is 0 Å². The number of hydrazone groups is 1. The van der Waals surface area contributed by atoms with Crippen LogP contribution in [0.15, 0.2) is 15.8 Å². The number of halogens is 3. The molecule has 0 spiro atoms. The minimum Gasteiger partial charge on any atom is -0.386 e. The minimum absolute atomic E-state index is 0.183. The molecular formula is C9H16BrF2N3. The van der Waals surface area contributed by atoms with Crippen LogP contribution in [-0.4, -0.2) is 23.3 Å². The lowest BCUT2D eigenvalue weighted by Crippen LogP contribution is -2.32. The Bertz CT molecular complexity index is 260. The van der Waals surface area contributed by atoms with Gasteiger partial charge < -0.3 is 5.73 Å². The zero-order chi connectivity index (χ0) is 12.1.